The molecule has 1 aliphatic rings. The van der Waals surface area contributed by atoms with E-state index in [4.69, 9.17) is 9.84 Å². The molecule has 0 saturated carbocycles. The SMILES string of the molecule is Cc1cccc(-c2nn3c(c2-c2ccc4ncsc4c2)OCCC3)c1. The maximum absolute atomic E-state index is 6.02. The molecule has 4 aromatic rings. The van der Waals surface area contributed by atoms with Gasteiger partial charge in [-0.3, -0.25) is 0 Å². The quantitative estimate of drug-likeness (QED) is 0.517. The summed E-state index contributed by atoms with van der Waals surface area (Å²) < 4.78 is 9.21. The van der Waals surface area contributed by atoms with Crippen LogP contribution in [0, 0.1) is 6.92 Å². The zero-order valence-corrected chi connectivity index (χ0v) is 14.7. The summed E-state index contributed by atoms with van der Waals surface area (Å²) in [6.07, 6.45) is 0.995. The topological polar surface area (TPSA) is 39.9 Å². The number of fused-ring (bicyclic) bond motifs is 2. The van der Waals surface area contributed by atoms with Gasteiger partial charge in [-0.05, 0) is 30.7 Å². The first-order valence-corrected chi connectivity index (χ1v) is 9.32. The summed E-state index contributed by atoms with van der Waals surface area (Å²) in [5, 5.41) is 4.89. The van der Waals surface area contributed by atoms with Crippen LogP contribution in [0.15, 0.2) is 48.0 Å². The fourth-order valence-corrected chi connectivity index (χ4v) is 4.11. The lowest BCUT2D eigenvalue weighted by Gasteiger charge is -2.16. The van der Waals surface area contributed by atoms with Gasteiger partial charge in [0.2, 0.25) is 5.88 Å². The number of ether oxygens (including phenoxy) is 1. The summed E-state index contributed by atoms with van der Waals surface area (Å²) in [4.78, 5) is 4.39. The summed E-state index contributed by atoms with van der Waals surface area (Å²) >= 11 is 1.66. The molecule has 2 aromatic heterocycles. The average Bonchev–Trinajstić information content (AvgIpc) is 3.25. The molecule has 0 spiro atoms. The van der Waals surface area contributed by atoms with Crippen LogP contribution in [0.2, 0.25) is 0 Å². The van der Waals surface area contributed by atoms with E-state index in [0.29, 0.717) is 0 Å². The number of aryl methyl sites for hydroxylation is 2. The van der Waals surface area contributed by atoms with E-state index in [0.717, 1.165) is 53.4 Å². The van der Waals surface area contributed by atoms with E-state index in [1.807, 2.05) is 10.2 Å². The Labute approximate surface area is 149 Å². The van der Waals surface area contributed by atoms with Crippen molar-refractivity contribution in [1.82, 2.24) is 14.8 Å². The van der Waals surface area contributed by atoms with Crippen molar-refractivity contribution in [3.05, 3.63) is 53.5 Å². The lowest BCUT2D eigenvalue weighted by Crippen LogP contribution is -2.14. The molecule has 25 heavy (non-hydrogen) atoms. The molecule has 4 nitrogen and oxygen atoms in total. The van der Waals surface area contributed by atoms with E-state index in [1.165, 1.54) is 10.3 Å². The Hall–Kier alpha value is -2.66. The molecular weight excluding hydrogens is 330 g/mol. The second-order valence-corrected chi connectivity index (χ2v) is 7.24. The Morgan fingerprint density at radius 3 is 3.00 bits per heavy atom. The summed E-state index contributed by atoms with van der Waals surface area (Å²) in [5.41, 5.74) is 8.49. The Morgan fingerprint density at radius 2 is 2.08 bits per heavy atom. The van der Waals surface area contributed by atoms with Crippen LogP contribution in [0.1, 0.15) is 12.0 Å². The fourth-order valence-electron chi connectivity index (χ4n) is 3.39. The molecule has 0 radical (unpaired) electrons. The van der Waals surface area contributed by atoms with Crippen LogP contribution in [0.5, 0.6) is 5.88 Å². The third-order valence-electron chi connectivity index (χ3n) is 4.57. The minimum Gasteiger partial charge on any atom is -0.477 e. The van der Waals surface area contributed by atoms with Gasteiger partial charge in [0.05, 0.1) is 27.9 Å². The van der Waals surface area contributed by atoms with Crippen molar-refractivity contribution in [2.24, 2.45) is 0 Å². The molecule has 0 aliphatic carbocycles. The minimum absolute atomic E-state index is 0.745. The largest absolute Gasteiger partial charge is 0.477 e. The Morgan fingerprint density at radius 1 is 1.12 bits per heavy atom. The molecule has 0 bridgehead atoms. The molecule has 5 rings (SSSR count). The highest BCUT2D eigenvalue weighted by atomic mass is 32.1. The number of hydrogen-bond donors (Lipinski definition) is 0. The zero-order valence-electron chi connectivity index (χ0n) is 13.9. The van der Waals surface area contributed by atoms with Crippen molar-refractivity contribution >= 4 is 21.6 Å². The molecule has 0 saturated heterocycles. The molecule has 0 unspecified atom stereocenters. The van der Waals surface area contributed by atoms with Crippen molar-refractivity contribution in [1.29, 1.82) is 0 Å². The fraction of sp³-hybridized carbons (Fsp3) is 0.200. The number of rotatable bonds is 2. The van der Waals surface area contributed by atoms with E-state index >= 15 is 0 Å². The average molecular weight is 347 g/mol. The maximum Gasteiger partial charge on any atom is 0.220 e. The second kappa shape index (κ2) is 5.70. The summed E-state index contributed by atoms with van der Waals surface area (Å²) in [7, 11) is 0. The van der Waals surface area contributed by atoms with Gasteiger partial charge in [-0.15, -0.1) is 11.3 Å². The monoisotopic (exact) mass is 347 g/mol. The van der Waals surface area contributed by atoms with Crippen LogP contribution >= 0.6 is 11.3 Å². The van der Waals surface area contributed by atoms with Gasteiger partial charge in [-0.2, -0.15) is 5.10 Å². The van der Waals surface area contributed by atoms with Crippen molar-refractivity contribution in [3.8, 4) is 28.3 Å². The summed E-state index contributed by atoms with van der Waals surface area (Å²) in [5.74, 6) is 0.881. The van der Waals surface area contributed by atoms with Crippen LogP contribution in [-0.4, -0.2) is 21.4 Å². The number of thiazole rings is 1. The highest BCUT2D eigenvalue weighted by Crippen LogP contribution is 2.41. The summed E-state index contributed by atoms with van der Waals surface area (Å²) in [6, 6.07) is 14.9. The number of benzene rings is 2. The predicted octanol–water partition coefficient (Wildman–Crippen LogP) is 4.92. The van der Waals surface area contributed by atoms with Crippen molar-refractivity contribution in [3.63, 3.8) is 0 Å². The molecule has 1 aliphatic heterocycles. The summed E-state index contributed by atoms with van der Waals surface area (Å²) in [6.45, 7) is 3.75. The molecular formula is C20H17N3OS. The molecule has 2 aromatic carbocycles. The van der Waals surface area contributed by atoms with Crippen LogP contribution in [0.4, 0.5) is 0 Å². The van der Waals surface area contributed by atoms with E-state index in [9.17, 15) is 0 Å². The van der Waals surface area contributed by atoms with Gasteiger partial charge >= 0.3 is 0 Å². The highest BCUT2D eigenvalue weighted by molar-refractivity contribution is 7.16. The Balaban J connectivity index is 1.77. The Bertz CT molecular complexity index is 1080. The number of aromatic nitrogens is 3. The van der Waals surface area contributed by atoms with E-state index < -0.39 is 0 Å². The van der Waals surface area contributed by atoms with Crippen LogP contribution < -0.4 is 4.74 Å². The van der Waals surface area contributed by atoms with E-state index in [-0.39, 0.29) is 0 Å². The van der Waals surface area contributed by atoms with Gasteiger partial charge in [0, 0.05) is 18.5 Å². The Kier molecular flexibility index (Phi) is 3.35. The molecule has 3 heterocycles. The molecule has 0 amide bonds. The maximum atomic E-state index is 6.02. The number of nitrogens with zero attached hydrogens (tertiary/aromatic N) is 3. The molecule has 0 fully saturated rings. The lowest BCUT2D eigenvalue weighted by atomic mass is 10.00. The standard InChI is InChI=1S/C20H17N3OS/c1-13-4-2-5-15(10-13)19-18(20-23(22-19)8-3-9-24-20)14-6-7-16-17(11-14)25-12-21-16/h2,4-7,10-12H,3,8-9H2,1H3. The lowest BCUT2D eigenvalue weighted by molar-refractivity contribution is 0.231. The molecule has 0 atom stereocenters. The second-order valence-electron chi connectivity index (χ2n) is 6.36. The predicted molar refractivity (Wildman–Crippen MR) is 101 cm³/mol. The van der Waals surface area contributed by atoms with Gasteiger partial charge in [0.25, 0.3) is 0 Å². The van der Waals surface area contributed by atoms with Gasteiger partial charge in [-0.25, -0.2) is 9.67 Å². The van der Waals surface area contributed by atoms with Gasteiger partial charge in [0.15, 0.2) is 0 Å². The first-order chi connectivity index (χ1) is 12.3. The zero-order chi connectivity index (χ0) is 16.8. The number of hydrogen-bond acceptors (Lipinski definition) is 4. The first kappa shape index (κ1) is 14.7. The van der Waals surface area contributed by atoms with Gasteiger partial charge < -0.3 is 4.74 Å². The van der Waals surface area contributed by atoms with Crippen molar-refractivity contribution < 1.29 is 4.74 Å². The van der Waals surface area contributed by atoms with Crippen molar-refractivity contribution in [2.75, 3.05) is 6.61 Å². The van der Waals surface area contributed by atoms with Crippen LogP contribution in [0.3, 0.4) is 0 Å². The third kappa shape index (κ3) is 2.43. The van der Waals surface area contributed by atoms with Crippen molar-refractivity contribution in [2.45, 2.75) is 19.9 Å². The highest BCUT2D eigenvalue weighted by Gasteiger charge is 2.24. The third-order valence-corrected chi connectivity index (χ3v) is 5.36. The molecule has 0 N–H and O–H groups in total. The minimum atomic E-state index is 0.745. The molecule has 124 valence electrons. The van der Waals surface area contributed by atoms with Crippen LogP contribution in [0.25, 0.3) is 32.6 Å². The van der Waals surface area contributed by atoms with Crippen LogP contribution in [-0.2, 0) is 6.54 Å². The normalized spacial score (nSPS) is 13.6. The van der Waals surface area contributed by atoms with E-state index in [2.05, 4.69) is 54.4 Å². The van der Waals surface area contributed by atoms with Gasteiger partial charge in [0.1, 0.15) is 5.69 Å². The molecule has 5 heteroatoms. The van der Waals surface area contributed by atoms with E-state index in [1.54, 1.807) is 11.3 Å². The smallest absolute Gasteiger partial charge is 0.220 e. The van der Waals surface area contributed by atoms with Gasteiger partial charge in [-0.1, -0.05) is 29.8 Å². The first-order valence-electron chi connectivity index (χ1n) is 8.44.